The molecule has 0 unspecified atom stereocenters. The van der Waals surface area contributed by atoms with Gasteiger partial charge in [-0.15, -0.1) is 0 Å². The molecule has 0 spiro atoms. The van der Waals surface area contributed by atoms with Crippen molar-refractivity contribution in [1.29, 1.82) is 0 Å². The molecule has 1 saturated heterocycles. The highest BCUT2D eigenvalue weighted by molar-refractivity contribution is 5.15. The molecule has 0 radical (unpaired) electrons. The molecule has 1 heterocycles. The molecule has 1 nitrogen and oxygen atoms in total. The highest BCUT2D eigenvalue weighted by atomic mass is 15.3. The van der Waals surface area contributed by atoms with Crippen LogP contribution in [0.4, 0.5) is 0 Å². The van der Waals surface area contributed by atoms with Gasteiger partial charge in [-0.05, 0) is 37.2 Å². The van der Waals surface area contributed by atoms with Gasteiger partial charge in [-0.25, -0.2) is 0 Å². The van der Waals surface area contributed by atoms with Crippen molar-refractivity contribution in [2.75, 3.05) is 26.7 Å². The Morgan fingerprint density at radius 2 is 1.78 bits per heavy atom. The molecule has 18 heavy (non-hydrogen) atoms. The van der Waals surface area contributed by atoms with Crippen LogP contribution in [-0.4, -0.2) is 31.2 Å². The van der Waals surface area contributed by atoms with Gasteiger partial charge in [0.15, 0.2) is 0 Å². The molecule has 1 fully saturated rings. The van der Waals surface area contributed by atoms with Crippen molar-refractivity contribution >= 4 is 0 Å². The summed E-state index contributed by atoms with van der Waals surface area (Å²) in [6.07, 6.45) is 6.83. The number of benzene rings is 1. The fraction of sp³-hybridized carbons (Fsp3) is 0.647. The zero-order chi connectivity index (χ0) is 12.8. The molecular formula is C17H28N+. The zero-order valence-electron chi connectivity index (χ0n) is 12.1. The Morgan fingerprint density at radius 1 is 1.11 bits per heavy atom. The molecule has 2 rings (SSSR count). The summed E-state index contributed by atoms with van der Waals surface area (Å²) in [5.74, 6) is 0.917. The van der Waals surface area contributed by atoms with Crippen molar-refractivity contribution in [2.24, 2.45) is 5.92 Å². The van der Waals surface area contributed by atoms with Gasteiger partial charge in [-0.1, -0.05) is 43.7 Å². The molecular weight excluding hydrogens is 218 g/mol. The molecule has 1 aromatic carbocycles. The lowest BCUT2D eigenvalue weighted by Gasteiger charge is -2.40. The van der Waals surface area contributed by atoms with Gasteiger partial charge < -0.3 is 4.48 Å². The van der Waals surface area contributed by atoms with Gasteiger partial charge >= 0.3 is 0 Å². The standard InChI is InChI=1S/C17H28N/c1-3-4-12-18(2)13-10-17(11-14-18)15-16-8-6-5-7-9-16/h5-9,17H,3-4,10-15H2,1-2H3/q+1. The van der Waals surface area contributed by atoms with E-state index in [1.807, 2.05) is 0 Å². The average molecular weight is 246 g/mol. The van der Waals surface area contributed by atoms with Gasteiger partial charge in [0.1, 0.15) is 0 Å². The smallest absolute Gasteiger partial charge is 0.0787 e. The third-order valence-corrected chi connectivity index (χ3v) is 4.57. The highest BCUT2D eigenvalue weighted by Crippen LogP contribution is 2.25. The van der Waals surface area contributed by atoms with Crippen LogP contribution >= 0.6 is 0 Å². The molecule has 0 N–H and O–H groups in total. The summed E-state index contributed by atoms with van der Waals surface area (Å²) in [6.45, 7) is 6.46. The number of likely N-dealkylation sites (tertiary alicyclic amines) is 1. The summed E-state index contributed by atoms with van der Waals surface area (Å²) < 4.78 is 1.32. The second-order valence-corrected chi connectivity index (χ2v) is 6.28. The van der Waals surface area contributed by atoms with E-state index in [0.29, 0.717) is 0 Å². The summed E-state index contributed by atoms with van der Waals surface area (Å²) in [5.41, 5.74) is 1.52. The Morgan fingerprint density at radius 3 is 2.39 bits per heavy atom. The maximum absolute atomic E-state index is 2.45. The first-order valence-electron chi connectivity index (χ1n) is 7.59. The van der Waals surface area contributed by atoms with Crippen molar-refractivity contribution in [3.05, 3.63) is 35.9 Å². The van der Waals surface area contributed by atoms with Crippen LogP contribution in [0, 0.1) is 5.92 Å². The number of unbranched alkanes of at least 4 members (excludes halogenated alkanes) is 1. The number of quaternary nitrogens is 1. The number of hydrogen-bond donors (Lipinski definition) is 0. The van der Waals surface area contributed by atoms with Crippen LogP contribution in [0.3, 0.4) is 0 Å². The molecule has 1 aliphatic heterocycles. The lowest BCUT2D eigenvalue weighted by atomic mass is 9.89. The van der Waals surface area contributed by atoms with Crippen molar-refractivity contribution in [1.82, 2.24) is 0 Å². The number of hydrogen-bond acceptors (Lipinski definition) is 0. The van der Waals surface area contributed by atoms with Crippen LogP contribution in [0.15, 0.2) is 30.3 Å². The third kappa shape index (κ3) is 3.84. The maximum atomic E-state index is 2.45. The highest BCUT2D eigenvalue weighted by Gasteiger charge is 2.29. The van der Waals surface area contributed by atoms with E-state index in [1.165, 1.54) is 61.8 Å². The lowest BCUT2D eigenvalue weighted by Crippen LogP contribution is -2.50. The van der Waals surface area contributed by atoms with E-state index < -0.39 is 0 Å². The average Bonchev–Trinajstić information content (AvgIpc) is 2.41. The van der Waals surface area contributed by atoms with E-state index in [2.05, 4.69) is 44.3 Å². The number of nitrogens with zero attached hydrogens (tertiary/aromatic N) is 1. The summed E-state index contributed by atoms with van der Waals surface area (Å²) in [6, 6.07) is 11.0. The van der Waals surface area contributed by atoms with Crippen molar-refractivity contribution in [3.8, 4) is 0 Å². The largest absolute Gasteiger partial charge is 0.326 e. The summed E-state index contributed by atoms with van der Waals surface area (Å²) >= 11 is 0. The molecule has 0 amide bonds. The molecule has 0 aliphatic carbocycles. The van der Waals surface area contributed by atoms with Crippen LogP contribution in [0.25, 0.3) is 0 Å². The lowest BCUT2D eigenvalue weighted by molar-refractivity contribution is -0.915. The minimum absolute atomic E-state index is 0.917. The Bertz CT molecular complexity index is 336. The van der Waals surface area contributed by atoms with Gasteiger partial charge in [-0.3, -0.25) is 0 Å². The summed E-state index contributed by atoms with van der Waals surface area (Å²) in [4.78, 5) is 0. The van der Waals surface area contributed by atoms with Crippen LogP contribution in [0.2, 0.25) is 0 Å². The van der Waals surface area contributed by atoms with Crippen LogP contribution < -0.4 is 0 Å². The fourth-order valence-electron chi connectivity index (χ4n) is 3.16. The Balaban J connectivity index is 1.80. The molecule has 1 aromatic rings. The molecule has 1 heteroatoms. The Hall–Kier alpha value is -0.820. The first-order valence-corrected chi connectivity index (χ1v) is 7.59. The second kappa shape index (κ2) is 6.38. The number of rotatable bonds is 5. The predicted molar refractivity (Wildman–Crippen MR) is 78.6 cm³/mol. The molecule has 0 atom stereocenters. The molecule has 0 aromatic heterocycles. The van der Waals surface area contributed by atoms with Crippen molar-refractivity contribution in [3.63, 3.8) is 0 Å². The van der Waals surface area contributed by atoms with Gasteiger partial charge in [0, 0.05) is 0 Å². The number of piperidine rings is 1. The quantitative estimate of drug-likeness (QED) is 0.692. The van der Waals surface area contributed by atoms with Gasteiger partial charge in [0.05, 0.1) is 26.7 Å². The minimum atomic E-state index is 0.917. The van der Waals surface area contributed by atoms with E-state index in [9.17, 15) is 0 Å². The monoisotopic (exact) mass is 246 g/mol. The molecule has 0 bridgehead atoms. The van der Waals surface area contributed by atoms with E-state index >= 15 is 0 Å². The van der Waals surface area contributed by atoms with Gasteiger partial charge in [0.25, 0.3) is 0 Å². The van der Waals surface area contributed by atoms with E-state index in [1.54, 1.807) is 0 Å². The third-order valence-electron chi connectivity index (χ3n) is 4.57. The first-order chi connectivity index (χ1) is 8.72. The Kier molecular flexibility index (Phi) is 4.82. The second-order valence-electron chi connectivity index (χ2n) is 6.28. The molecule has 100 valence electrons. The zero-order valence-corrected chi connectivity index (χ0v) is 12.1. The topological polar surface area (TPSA) is 0 Å². The van der Waals surface area contributed by atoms with E-state index in [-0.39, 0.29) is 0 Å². The Labute approximate surface area is 112 Å². The van der Waals surface area contributed by atoms with Crippen LogP contribution in [-0.2, 0) is 6.42 Å². The first kappa shape index (κ1) is 13.6. The maximum Gasteiger partial charge on any atom is 0.0787 e. The predicted octanol–water partition coefficient (Wildman–Crippen LogP) is 3.89. The van der Waals surface area contributed by atoms with Crippen LogP contribution in [0.1, 0.15) is 38.2 Å². The minimum Gasteiger partial charge on any atom is -0.326 e. The van der Waals surface area contributed by atoms with Crippen LogP contribution in [0.5, 0.6) is 0 Å². The van der Waals surface area contributed by atoms with E-state index in [0.717, 1.165) is 5.92 Å². The molecule has 0 saturated carbocycles. The fourth-order valence-corrected chi connectivity index (χ4v) is 3.16. The van der Waals surface area contributed by atoms with Crippen molar-refractivity contribution < 1.29 is 4.48 Å². The van der Waals surface area contributed by atoms with Crippen molar-refractivity contribution in [2.45, 2.75) is 39.0 Å². The molecule has 1 aliphatic rings. The summed E-state index contributed by atoms with van der Waals surface area (Å²) in [7, 11) is 2.45. The van der Waals surface area contributed by atoms with E-state index in [4.69, 9.17) is 0 Å². The summed E-state index contributed by atoms with van der Waals surface area (Å²) in [5, 5.41) is 0. The SMILES string of the molecule is CCCC[N+]1(C)CCC(Cc2ccccc2)CC1. The van der Waals surface area contributed by atoms with Gasteiger partial charge in [-0.2, -0.15) is 0 Å². The normalized spacial score (nSPS) is 28.2. The van der Waals surface area contributed by atoms with Gasteiger partial charge in [0.2, 0.25) is 0 Å².